The Bertz CT molecular complexity index is 786. The molecule has 1 aliphatic rings. The van der Waals surface area contributed by atoms with Gasteiger partial charge in [0.05, 0.1) is 21.3 Å². The van der Waals surface area contributed by atoms with Crippen LogP contribution in [-0.4, -0.2) is 26.9 Å². The van der Waals surface area contributed by atoms with E-state index in [1.54, 1.807) is 21.3 Å². The van der Waals surface area contributed by atoms with Gasteiger partial charge in [-0.05, 0) is 37.1 Å². The molecular formula is C21H27NO4. The van der Waals surface area contributed by atoms with Crippen molar-refractivity contribution in [2.45, 2.75) is 39.0 Å². The average molecular weight is 357 g/mol. The van der Waals surface area contributed by atoms with Gasteiger partial charge in [0, 0.05) is 31.1 Å². The number of ether oxygens (including phenoxy) is 4. The third kappa shape index (κ3) is 3.88. The summed E-state index contributed by atoms with van der Waals surface area (Å²) in [5.41, 5.74) is 3.43. The first-order chi connectivity index (χ1) is 12.5. The van der Waals surface area contributed by atoms with Crippen molar-refractivity contribution < 1.29 is 18.9 Å². The van der Waals surface area contributed by atoms with Crippen molar-refractivity contribution in [1.29, 1.82) is 0 Å². The van der Waals surface area contributed by atoms with E-state index in [4.69, 9.17) is 18.9 Å². The zero-order valence-electron chi connectivity index (χ0n) is 16.1. The molecular weight excluding hydrogens is 330 g/mol. The summed E-state index contributed by atoms with van der Waals surface area (Å²) in [5, 5.41) is 3.48. The highest BCUT2D eigenvalue weighted by atomic mass is 16.5. The molecule has 0 unspecified atom stereocenters. The topological polar surface area (TPSA) is 49.0 Å². The van der Waals surface area contributed by atoms with Crippen LogP contribution in [0.2, 0.25) is 0 Å². The SMILES string of the molecule is COc1cc(OC)c(OC)cc1CNCc1ccc2c(c1)CC(C)(C)O2. The largest absolute Gasteiger partial charge is 0.496 e. The minimum Gasteiger partial charge on any atom is -0.496 e. The van der Waals surface area contributed by atoms with E-state index >= 15 is 0 Å². The quantitative estimate of drug-likeness (QED) is 0.818. The molecule has 1 heterocycles. The van der Waals surface area contributed by atoms with Crippen LogP contribution in [0, 0.1) is 0 Å². The fourth-order valence-corrected chi connectivity index (χ4v) is 3.34. The Balaban J connectivity index is 1.67. The molecule has 5 nitrogen and oxygen atoms in total. The number of hydrogen-bond acceptors (Lipinski definition) is 5. The number of hydrogen-bond donors (Lipinski definition) is 1. The van der Waals surface area contributed by atoms with Crippen molar-refractivity contribution in [3.8, 4) is 23.0 Å². The Morgan fingerprint density at radius 3 is 2.31 bits per heavy atom. The summed E-state index contributed by atoms with van der Waals surface area (Å²) in [6, 6.07) is 10.2. The van der Waals surface area contributed by atoms with Gasteiger partial charge in [-0.15, -0.1) is 0 Å². The number of benzene rings is 2. The minimum absolute atomic E-state index is 0.110. The summed E-state index contributed by atoms with van der Waals surface area (Å²) in [6.07, 6.45) is 0.944. The molecule has 0 fully saturated rings. The highest BCUT2D eigenvalue weighted by Crippen LogP contribution is 2.36. The van der Waals surface area contributed by atoms with Gasteiger partial charge in [0.2, 0.25) is 0 Å². The lowest BCUT2D eigenvalue weighted by atomic mass is 10.0. The standard InChI is InChI=1S/C21H27NO4/c1-21(2)11-15-8-14(6-7-17(15)26-21)12-22-13-16-9-19(24-4)20(25-5)10-18(16)23-3/h6-10,22H,11-13H2,1-5H3. The molecule has 0 aromatic heterocycles. The highest BCUT2D eigenvalue weighted by Gasteiger charge is 2.29. The summed E-state index contributed by atoms with van der Waals surface area (Å²) in [5.74, 6) is 3.14. The van der Waals surface area contributed by atoms with Gasteiger partial charge in [-0.1, -0.05) is 12.1 Å². The van der Waals surface area contributed by atoms with Crippen molar-refractivity contribution in [1.82, 2.24) is 5.32 Å². The summed E-state index contributed by atoms with van der Waals surface area (Å²) in [7, 11) is 4.91. The van der Waals surface area contributed by atoms with Gasteiger partial charge in [0.1, 0.15) is 17.1 Å². The third-order valence-electron chi connectivity index (χ3n) is 4.56. The van der Waals surface area contributed by atoms with Gasteiger partial charge in [-0.25, -0.2) is 0 Å². The van der Waals surface area contributed by atoms with Crippen LogP contribution in [0.15, 0.2) is 30.3 Å². The van der Waals surface area contributed by atoms with Crippen LogP contribution in [0.4, 0.5) is 0 Å². The fourth-order valence-electron chi connectivity index (χ4n) is 3.34. The van der Waals surface area contributed by atoms with E-state index in [-0.39, 0.29) is 5.60 Å². The van der Waals surface area contributed by atoms with E-state index in [0.717, 1.165) is 30.0 Å². The normalized spacial score (nSPS) is 14.5. The van der Waals surface area contributed by atoms with Gasteiger partial charge < -0.3 is 24.3 Å². The average Bonchev–Trinajstić information content (AvgIpc) is 2.94. The van der Waals surface area contributed by atoms with E-state index in [1.165, 1.54) is 11.1 Å². The van der Waals surface area contributed by atoms with Crippen LogP contribution in [0.5, 0.6) is 23.0 Å². The Kier molecular flexibility index (Phi) is 5.28. The zero-order valence-corrected chi connectivity index (χ0v) is 16.1. The fraction of sp³-hybridized carbons (Fsp3) is 0.429. The molecule has 0 aliphatic carbocycles. The molecule has 0 spiro atoms. The number of fused-ring (bicyclic) bond motifs is 1. The highest BCUT2D eigenvalue weighted by molar-refractivity contribution is 5.50. The van der Waals surface area contributed by atoms with E-state index < -0.39 is 0 Å². The van der Waals surface area contributed by atoms with E-state index in [1.807, 2.05) is 12.1 Å². The van der Waals surface area contributed by atoms with Gasteiger partial charge in [0.25, 0.3) is 0 Å². The molecule has 0 bridgehead atoms. The smallest absolute Gasteiger partial charge is 0.164 e. The summed E-state index contributed by atoms with van der Waals surface area (Å²) in [6.45, 7) is 5.68. The Labute approximate surface area is 155 Å². The molecule has 26 heavy (non-hydrogen) atoms. The first-order valence-corrected chi connectivity index (χ1v) is 8.76. The van der Waals surface area contributed by atoms with Crippen LogP contribution in [-0.2, 0) is 19.5 Å². The number of methoxy groups -OCH3 is 3. The van der Waals surface area contributed by atoms with E-state index in [9.17, 15) is 0 Å². The molecule has 3 rings (SSSR count). The van der Waals surface area contributed by atoms with Gasteiger partial charge in [-0.3, -0.25) is 0 Å². The molecule has 0 radical (unpaired) electrons. The van der Waals surface area contributed by atoms with Gasteiger partial charge in [-0.2, -0.15) is 0 Å². The Hall–Kier alpha value is -2.40. The number of rotatable bonds is 7. The summed E-state index contributed by atoms with van der Waals surface area (Å²) >= 11 is 0. The lowest BCUT2D eigenvalue weighted by molar-refractivity contribution is 0.138. The lowest BCUT2D eigenvalue weighted by Crippen LogP contribution is -2.24. The van der Waals surface area contributed by atoms with Crippen LogP contribution in [0.25, 0.3) is 0 Å². The monoisotopic (exact) mass is 357 g/mol. The van der Waals surface area contributed by atoms with Crippen LogP contribution >= 0.6 is 0 Å². The van der Waals surface area contributed by atoms with Crippen molar-refractivity contribution >= 4 is 0 Å². The van der Waals surface area contributed by atoms with Crippen molar-refractivity contribution in [2.24, 2.45) is 0 Å². The second kappa shape index (κ2) is 7.46. The van der Waals surface area contributed by atoms with E-state index in [2.05, 4.69) is 37.4 Å². The predicted molar refractivity (Wildman–Crippen MR) is 101 cm³/mol. The van der Waals surface area contributed by atoms with E-state index in [0.29, 0.717) is 18.0 Å². The molecule has 0 atom stereocenters. The minimum atomic E-state index is -0.110. The maximum atomic E-state index is 5.94. The molecule has 2 aromatic carbocycles. The Morgan fingerprint density at radius 2 is 1.62 bits per heavy atom. The molecule has 0 amide bonds. The van der Waals surface area contributed by atoms with Crippen LogP contribution in [0.3, 0.4) is 0 Å². The maximum Gasteiger partial charge on any atom is 0.164 e. The van der Waals surface area contributed by atoms with Gasteiger partial charge in [0.15, 0.2) is 11.5 Å². The van der Waals surface area contributed by atoms with Crippen LogP contribution in [0.1, 0.15) is 30.5 Å². The second-order valence-electron chi connectivity index (χ2n) is 7.10. The lowest BCUT2D eigenvalue weighted by Gasteiger charge is -2.16. The molecule has 1 N–H and O–H groups in total. The first kappa shape index (κ1) is 18.4. The zero-order chi connectivity index (χ0) is 18.7. The molecule has 140 valence electrons. The van der Waals surface area contributed by atoms with Crippen molar-refractivity contribution in [3.63, 3.8) is 0 Å². The molecule has 0 saturated carbocycles. The predicted octanol–water partition coefficient (Wildman–Crippen LogP) is 3.72. The first-order valence-electron chi connectivity index (χ1n) is 8.76. The summed E-state index contributed by atoms with van der Waals surface area (Å²) in [4.78, 5) is 0. The second-order valence-corrected chi connectivity index (χ2v) is 7.10. The molecule has 1 aliphatic heterocycles. The van der Waals surface area contributed by atoms with Crippen LogP contribution < -0.4 is 24.3 Å². The van der Waals surface area contributed by atoms with Gasteiger partial charge >= 0.3 is 0 Å². The van der Waals surface area contributed by atoms with Crippen molar-refractivity contribution in [3.05, 3.63) is 47.0 Å². The van der Waals surface area contributed by atoms with Crippen molar-refractivity contribution in [2.75, 3.05) is 21.3 Å². The molecule has 2 aromatic rings. The Morgan fingerprint density at radius 1 is 0.923 bits per heavy atom. The summed E-state index contributed by atoms with van der Waals surface area (Å²) < 4.78 is 22.1. The maximum absolute atomic E-state index is 5.94. The molecule has 5 heteroatoms. The molecule has 0 saturated heterocycles. The number of nitrogens with one attached hydrogen (secondary N) is 1. The third-order valence-corrected chi connectivity index (χ3v) is 4.56.